The Morgan fingerprint density at radius 2 is 1.63 bits per heavy atom. The summed E-state index contributed by atoms with van der Waals surface area (Å²) in [5.41, 5.74) is 0.596. The fourth-order valence-electron chi connectivity index (χ4n) is 6.47. The number of sulfonamides is 1. The van der Waals surface area contributed by atoms with Crippen molar-refractivity contribution in [2.75, 3.05) is 24.5 Å². The molecule has 0 saturated carbocycles. The highest BCUT2D eigenvalue weighted by atomic mass is 35.5. The smallest absolute Gasteiger partial charge is 0.407 e. The lowest BCUT2D eigenvalue weighted by molar-refractivity contribution is -0.125. The molecule has 0 unspecified atom stereocenters. The molecule has 274 valence electrons. The number of carbonyl (C=O) groups excluding carboxylic acids is 3. The Balaban J connectivity index is 1.31. The van der Waals surface area contributed by atoms with Crippen LogP contribution >= 0.6 is 23.2 Å². The van der Waals surface area contributed by atoms with Gasteiger partial charge in [0.25, 0.3) is 15.9 Å². The molecule has 6 rings (SSSR count). The number of rotatable bonds is 10. The van der Waals surface area contributed by atoms with Gasteiger partial charge in [-0.1, -0.05) is 47.5 Å². The van der Waals surface area contributed by atoms with E-state index in [1.165, 1.54) is 28.1 Å². The van der Waals surface area contributed by atoms with Gasteiger partial charge in [-0.15, -0.1) is 0 Å². The Hall–Kier alpha value is -4.57. The number of hydrogen-bond acceptors (Lipinski definition) is 9. The minimum atomic E-state index is -4.39. The predicted octanol–water partition coefficient (Wildman–Crippen LogP) is 5.08. The zero-order valence-corrected chi connectivity index (χ0v) is 31.3. The largest absolute Gasteiger partial charge is 0.444 e. The molecule has 2 N–H and O–H groups in total. The van der Waals surface area contributed by atoms with Gasteiger partial charge in [0.15, 0.2) is 5.03 Å². The minimum Gasteiger partial charge on any atom is -0.444 e. The summed E-state index contributed by atoms with van der Waals surface area (Å²) in [5.74, 6) is -0.888. The zero-order valence-electron chi connectivity index (χ0n) is 29.0. The minimum absolute atomic E-state index is 0.0599. The van der Waals surface area contributed by atoms with Crippen LogP contribution < -0.4 is 15.5 Å². The van der Waals surface area contributed by atoms with E-state index in [1.807, 2.05) is 24.3 Å². The summed E-state index contributed by atoms with van der Waals surface area (Å²) < 4.78 is 36.9. The molecule has 2 aliphatic rings. The highest BCUT2D eigenvalue weighted by molar-refractivity contribution is 7.89. The van der Waals surface area contributed by atoms with Gasteiger partial charge in [-0.3, -0.25) is 14.2 Å². The highest BCUT2D eigenvalue weighted by Crippen LogP contribution is 2.45. The molecule has 2 aromatic carbocycles. The number of nitrogens with one attached hydrogen (secondary N) is 2. The maximum absolute atomic E-state index is 14.6. The normalized spacial score (nSPS) is 19.1. The molecule has 3 amide bonds. The van der Waals surface area contributed by atoms with Crippen LogP contribution in [0.4, 0.5) is 16.4 Å². The molecule has 2 aliphatic heterocycles. The van der Waals surface area contributed by atoms with E-state index in [4.69, 9.17) is 27.9 Å². The van der Waals surface area contributed by atoms with E-state index in [-0.39, 0.29) is 53.5 Å². The second-order valence-electron chi connectivity index (χ2n) is 13.8. The van der Waals surface area contributed by atoms with Gasteiger partial charge in [-0.05, 0) is 69.9 Å². The Kier molecular flexibility index (Phi) is 10.3. The molecule has 4 heterocycles. The lowest BCUT2D eigenvalue weighted by atomic mass is 9.91. The van der Waals surface area contributed by atoms with Gasteiger partial charge < -0.3 is 15.4 Å². The number of imidazole rings is 1. The number of carbonyl (C=O) groups is 3. The number of anilines is 2. The van der Waals surface area contributed by atoms with Crippen molar-refractivity contribution in [3.05, 3.63) is 83.0 Å². The van der Waals surface area contributed by atoms with Gasteiger partial charge >= 0.3 is 6.09 Å². The third-order valence-electron chi connectivity index (χ3n) is 8.74. The Morgan fingerprint density at radius 3 is 2.29 bits per heavy atom. The van der Waals surface area contributed by atoms with Gasteiger partial charge in [-0.2, -0.15) is 4.31 Å². The van der Waals surface area contributed by atoms with E-state index in [0.29, 0.717) is 12.1 Å². The quantitative estimate of drug-likeness (QED) is 0.209. The average molecular weight is 770 g/mol. The monoisotopic (exact) mass is 768 g/mol. The van der Waals surface area contributed by atoms with Gasteiger partial charge in [0.1, 0.15) is 23.5 Å². The molecule has 2 aromatic heterocycles. The lowest BCUT2D eigenvalue weighted by Gasteiger charge is -2.29. The SMILES string of the molecule is CC(C)(C)OC(=O)NCCNC(=O)[C@@H]1CCCN1S(=O)(=O)c1cnc2n1[C@](C)(Cc1ccc(-c3cncnc3)cc1)C(=O)N2c1cc(Cl)cc(Cl)c1. The number of fused-ring (bicyclic) bond motifs is 1. The third-order valence-corrected chi connectivity index (χ3v) is 11.0. The molecule has 0 radical (unpaired) electrons. The van der Waals surface area contributed by atoms with Gasteiger partial charge in [-0.25, -0.2) is 33.1 Å². The number of amides is 3. The Bertz CT molecular complexity index is 2090. The van der Waals surface area contributed by atoms with Crippen molar-refractivity contribution >= 4 is 62.8 Å². The topological polar surface area (TPSA) is 169 Å². The van der Waals surface area contributed by atoms with Crippen molar-refractivity contribution in [2.24, 2.45) is 0 Å². The first-order valence-corrected chi connectivity index (χ1v) is 18.8. The summed E-state index contributed by atoms with van der Waals surface area (Å²) in [6.07, 6.45) is 6.24. The molecular formula is C35H38Cl2N8O6S. The fourth-order valence-corrected chi connectivity index (χ4v) is 8.83. The van der Waals surface area contributed by atoms with E-state index in [0.717, 1.165) is 21.0 Å². The number of nitrogens with zero attached hydrogens (tertiary/aromatic N) is 6. The summed E-state index contributed by atoms with van der Waals surface area (Å²) >= 11 is 12.7. The first-order valence-electron chi connectivity index (χ1n) is 16.6. The summed E-state index contributed by atoms with van der Waals surface area (Å²) in [7, 11) is -4.39. The van der Waals surface area contributed by atoms with Crippen LogP contribution in [0.25, 0.3) is 11.1 Å². The summed E-state index contributed by atoms with van der Waals surface area (Å²) in [6, 6.07) is 11.1. The van der Waals surface area contributed by atoms with E-state index >= 15 is 0 Å². The maximum atomic E-state index is 14.6. The number of ether oxygens (including phenoxy) is 1. The molecule has 0 spiro atoms. The standard InChI is InChI=1S/C35H38Cl2N8O6S/c1-34(2,3)51-33(48)41-12-11-40-30(46)28-6-5-13-43(28)52(49,50)29-20-42-32-44(27-15-25(36)14-26(37)16-27)31(47)35(4,45(29)32)17-22-7-9-23(10-8-22)24-18-38-21-39-19-24/h7-10,14-16,18-21,28H,5-6,11-13,17H2,1-4H3,(H,40,46)(H,41,48)/t28-,35+/m0/s1. The molecule has 1 saturated heterocycles. The number of aromatic nitrogens is 4. The Labute approximate surface area is 311 Å². The van der Waals surface area contributed by atoms with Crippen LogP contribution in [0.5, 0.6) is 0 Å². The van der Waals surface area contributed by atoms with Crippen LogP contribution in [-0.2, 0) is 36.3 Å². The molecule has 0 aliphatic carbocycles. The van der Waals surface area contributed by atoms with E-state index < -0.39 is 45.1 Å². The summed E-state index contributed by atoms with van der Waals surface area (Å²) in [4.78, 5) is 53.8. The van der Waals surface area contributed by atoms with Crippen molar-refractivity contribution in [1.82, 2.24) is 34.5 Å². The van der Waals surface area contributed by atoms with Crippen LogP contribution in [-0.4, -0.2) is 81.4 Å². The first kappa shape index (κ1) is 37.2. The molecule has 14 nitrogen and oxygen atoms in total. The molecule has 52 heavy (non-hydrogen) atoms. The molecule has 1 fully saturated rings. The predicted molar refractivity (Wildman–Crippen MR) is 195 cm³/mol. The van der Waals surface area contributed by atoms with Crippen LogP contribution in [0.2, 0.25) is 10.0 Å². The average Bonchev–Trinajstić information content (AvgIpc) is 3.80. The van der Waals surface area contributed by atoms with Gasteiger partial charge in [0.05, 0.1) is 11.9 Å². The lowest BCUT2D eigenvalue weighted by Crippen LogP contribution is -2.48. The first-order chi connectivity index (χ1) is 24.6. The molecule has 2 atom stereocenters. The van der Waals surface area contributed by atoms with Crippen LogP contribution in [0, 0.1) is 0 Å². The summed E-state index contributed by atoms with van der Waals surface area (Å²) in [6.45, 7) is 7.10. The van der Waals surface area contributed by atoms with E-state index in [1.54, 1.807) is 52.2 Å². The number of benzene rings is 2. The number of halogens is 2. The van der Waals surface area contributed by atoms with E-state index in [9.17, 15) is 22.8 Å². The van der Waals surface area contributed by atoms with Gasteiger partial charge in [0, 0.05) is 54.1 Å². The number of hydrogen-bond donors (Lipinski definition) is 2. The second kappa shape index (κ2) is 14.5. The van der Waals surface area contributed by atoms with Crippen molar-refractivity contribution in [3.8, 4) is 11.1 Å². The molecule has 0 bridgehead atoms. The zero-order chi connectivity index (χ0) is 37.4. The van der Waals surface area contributed by atoms with Crippen LogP contribution in [0.3, 0.4) is 0 Å². The molecular weight excluding hydrogens is 731 g/mol. The van der Waals surface area contributed by atoms with Crippen molar-refractivity contribution in [2.45, 2.75) is 69.2 Å². The van der Waals surface area contributed by atoms with Crippen molar-refractivity contribution < 1.29 is 27.5 Å². The van der Waals surface area contributed by atoms with Crippen LogP contribution in [0.15, 0.2) is 72.4 Å². The summed E-state index contributed by atoms with van der Waals surface area (Å²) in [5, 5.41) is 5.61. The maximum Gasteiger partial charge on any atom is 0.407 e. The third kappa shape index (κ3) is 7.49. The van der Waals surface area contributed by atoms with Crippen LogP contribution in [0.1, 0.15) is 46.1 Å². The second-order valence-corrected chi connectivity index (χ2v) is 16.5. The van der Waals surface area contributed by atoms with Crippen molar-refractivity contribution in [1.29, 1.82) is 0 Å². The molecule has 17 heteroatoms. The van der Waals surface area contributed by atoms with Crippen molar-refractivity contribution in [3.63, 3.8) is 0 Å². The fraction of sp³-hybridized carbons (Fsp3) is 0.371. The van der Waals surface area contributed by atoms with E-state index in [2.05, 4.69) is 25.6 Å². The molecule has 4 aromatic rings. The van der Waals surface area contributed by atoms with Gasteiger partial charge in [0.2, 0.25) is 11.9 Å². The number of alkyl carbamates (subject to hydrolysis) is 1. The Morgan fingerprint density at radius 1 is 0.981 bits per heavy atom. The highest BCUT2D eigenvalue weighted by Gasteiger charge is 2.53.